The molecular weight excluding hydrogens is 198 g/mol. The lowest BCUT2D eigenvalue weighted by molar-refractivity contribution is 0.686. The van der Waals surface area contributed by atoms with Gasteiger partial charge in [0.1, 0.15) is 5.82 Å². The van der Waals surface area contributed by atoms with Gasteiger partial charge in [-0.25, -0.2) is 4.98 Å². The van der Waals surface area contributed by atoms with Crippen LogP contribution in [0.1, 0.15) is 37.4 Å². The Hall–Kier alpha value is -1.09. The van der Waals surface area contributed by atoms with Gasteiger partial charge in [0.15, 0.2) is 0 Å². The fourth-order valence-corrected chi connectivity index (χ4v) is 1.74. The van der Waals surface area contributed by atoms with Crippen LogP contribution in [-0.4, -0.2) is 17.6 Å². The number of aryl methyl sites for hydroxylation is 1. The maximum Gasteiger partial charge on any atom is 0.126 e. The van der Waals surface area contributed by atoms with Gasteiger partial charge in [0.2, 0.25) is 0 Å². The van der Waals surface area contributed by atoms with E-state index in [9.17, 15) is 0 Å². The molecule has 0 aromatic carbocycles. The van der Waals surface area contributed by atoms with Crippen LogP contribution in [0.5, 0.6) is 0 Å². The minimum Gasteiger partial charge on any atom is -0.370 e. The monoisotopic (exact) mass is 219 g/mol. The second-order valence-electron chi connectivity index (χ2n) is 4.58. The van der Waals surface area contributed by atoms with Crippen molar-refractivity contribution in [3.8, 4) is 0 Å². The zero-order valence-electron chi connectivity index (χ0n) is 10.2. The summed E-state index contributed by atoms with van der Waals surface area (Å²) >= 11 is 0. The average Bonchev–Trinajstić information content (AvgIpc) is 3.07. The molecule has 0 unspecified atom stereocenters. The van der Waals surface area contributed by atoms with E-state index in [1.165, 1.54) is 18.4 Å². The molecule has 0 spiro atoms. The molecule has 1 aliphatic carbocycles. The van der Waals surface area contributed by atoms with Crippen molar-refractivity contribution in [2.45, 2.75) is 45.7 Å². The predicted octanol–water partition coefficient (Wildman–Crippen LogP) is 2.46. The highest BCUT2D eigenvalue weighted by atomic mass is 15.0. The summed E-state index contributed by atoms with van der Waals surface area (Å²) in [5.41, 5.74) is 2.42. The number of rotatable bonds is 6. The Morgan fingerprint density at radius 1 is 1.38 bits per heavy atom. The smallest absolute Gasteiger partial charge is 0.126 e. The third-order valence-corrected chi connectivity index (χ3v) is 2.74. The molecule has 0 bridgehead atoms. The van der Waals surface area contributed by atoms with E-state index in [0.717, 1.165) is 37.1 Å². The summed E-state index contributed by atoms with van der Waals surface area (Å²) < 4.78 is 0. The molecule has 1 fully saturated rings. The molecular formula is C13H21N3. The second-order valence-corrected chi connectivity index (χ2v) is 4.58. The minimum absolute atomic E-state index is 0.764. The van der Waals surface area contributed by atoms with Crippen molar-refractivity contribution in [2.24, 2.45) is 0 Å². The van der Waals surface area contributed by atoms with Crippen LogP contribution in [-0.2, 0) is 6.54 Å². The molecule has 0 radical (unpaired) electrons. The Morgan fingerprint density at radius 2 is 2.19 bits per heavy atom. The van der Waals surface area contributed by atoms with Gasteiger partial charge < -0.3 is 10.6 Å². The van der Waals surface area contributed by atoms with Gasteiger partial charge in [-0.1, -0.05) is 6.92 Å². The lowest BCUT2D eigenvalue weighted by Gasteiger charge is -2.09. The van der Waals surface area contributed by atoms with E-state index in [2.05, 4.69) is 41.6 Å². The molecule has 0 aliphatic heterocycles. The third-order valence-electron chi connectivity index (χ3n) is 2.74. The van der Waals surface area contributed by atoms with Crippen molar-refractivity contribution < 1.29 is 0 Å². The van der Waals surface area contributed by atoms with Crippen molar-refractivity contribution in [3.63, 3.8) is 0 Å². The van der Waals surface area contributed by atoms with Crippen LogP contribution >= 0.6 is 0 Å². The molecule has 1 aliphatic rings. The number of nitrogens with one attached hydrogen (secondary N) is 2. The summed E-state index contributed by atoms with van der Waals surface area (Å²) in [5, 5.41) is 6.87. The fourth-order valence-electron chi connectivity index (χ4n) is 1.74. The molecule has 16 heavy (non-hydrogen) atoms. The predicted molar refractivity (Wildman–Crippen MR) is 67.6 cm³/mol. The third kappa shape index (κ3) is 3.49. The maximum absolute atomic E-state index is 4.48. The van der Waals surface area contributed by atoms with Gasteiger partial charge in [-0.05, 0) is 43.9 Å². The number of nitrogens with zero attached hydrogens (tertiary/aromatic N) is 1. The van der Waals surface area contributed by atoms with Crippen LogP contribution in [0, 0.1) is 6.92 Å². The first kappa shape index (κ1) is 11.4. The summed E-state index contributed by atoms with van der Waals surface area (Å²) in [5.74, 6) is 1.01. The summed E-state index contributed by atoms with van der Waals surface area (Å²) in [7, 11) is 0. The van der Waals surface area contributed by atoms with E-state index in [4.69, 9.17) is 0 Å². The lowest BCUT2D eigenvalue weighted by atomic mass is 10.2. The second kappa shape index (κ2) is 5.30. The fraction of sp³-hybridized carbons (Fsp3) is 0.615. The summed E-state index contributed by atoms with van der Waals surface area (Å²) in [6.07, 6.45) is 3.81. The van der Waals surface area contributed by atoms with Crippen molar-refractivity contribution in [1.29, 1.82) is 0 Å². The van der Waals surface area contributed by atoms with E-state index >= 15 is 0 Å². The molecule has 3 nitrogen and oxygen atoms in total. The first-order chi connectivity index (χ1) is 7.78. The average molecular weight is 219 g/mol. The molecule has 0 atom stereocenters. The SMILES string of the molecule is CCCNc1cc(CNC2CC2)cc(C)n1. The normalized spacial score (nSPS) is 15.1. The van der Waals surface area contributed by atoms with Crippen molar-refractivity contribution >= 4 is 5.82 Å². The van der Waals surface area contributed by atoms with Gasteiger partial charge in [0, 0.05) is 24.8 Å². The highest BCUT2D eigenvalue weighted by molar-refractivity contribution is 5.39. The van der Waals surface area contributed by atoms with Gasteiger partial charge in [0.05, 0.1) is 0 Å². The first-order valence-electron chi connectivity index (χ1n) is 6.22. The summed E-state index contributed by atoms with van der Waals surface area (Å²) in [4.78, 5) is 4.48. The molecule has 0 amide bonds. The van der Waals surface area contributed by atoms with Crippen LogP contribution in [0.15, 0.2) is 12.1 Å². The highest BCUT2D eigenvalue weighted by Crippen LogP contribution is 2.19. The topological polar surface area (TPSA) is 37.0 Å². The van der Waals surface area contributed by atoms with E-state index in [0.29, 0.717) is 0 Å². The van der Waals surface area contributed by atoms with E-state index in [1.54, 1.807) is 0 Å². The van der Waals surface area contributed by atoms with Crippen molar-refractivity contribution in [1.82, 2.24) is 10.3 Å². The number of anilines is 1. The van der Waals surface area contributed by atoms with Crippen LogP contribution in [0.25, 0.3) is 0 Å². The lowest BCUT2D eigenvalue weighted by Crippen LogP contribution is -2.16. The van der Waals surface area contributed by atoms with E-state index in [-0.39, 0.29) is 0 Å². The Kier molecular flexibility index (Phi) is 3.78. The standard InChI is InChI=1S/C13H21N3/c1-3-6-14-13-8-11(7-10(2)16-13)9-15-12-4-5-12/h7-8,12,15H,3-6,9H2,1-2H3,(H,14,16). The Balaban J connectivity index is 1.96. The summed E-state index contributed by atoms with van der Waals surface area (Å²) in [6, 6.07) is 5.07. The van der Waals surface area contributed by atoms with Crippen LogP contribution < -0.4 is 10.6 Å². The van der Waals surface area contributed by atoms with Gasteiger partial charge in [-0.15, -0.1) is 0 Å². The molecule has 1 saturated carbocycles. The van der Waals surface area contributed by atoms with Crippen LogP contribution in [0.3, 0.4) is 0 Å². The van der Waals surface area contributed by atoms with Gasteiger partial charge >= 0.3 is 0 Å². The molecule has 1 aromatic heterocycles. The number of aromatic nitrogens is 1. The van der Waals surface area contributed by atoms with Crippen molar-refractivity contribution in [2.75, 3.05) is 11.9 Å². The summed E-state index contributed by atoms with van der Waals surface area (Å²) in [6.45, 7) is 6.18. The highest BCUT2D eigenvalue weighted by Gasteiger charge is 2.19. The molecule has 1 aromatic rings. The Labute approximate surface area is 97.7 Å². The zero-order chi connectivity index (χ0) is 11.4. The largest absolute Gasteiger partial charge is 0.370 e. The van der Waals surface area contributed by atoms with Crippen LogP contribution in [0.4, 0.5) is 5.82 Å². The number of pyridine rings is 1. The van der Waals surface area contributed by atoms with Gasteiger partial charge in [0.25, 0.3) is 0 Å². The maximum atomic E-state index is 4.48. The quantitative estimate of drug-likeness (QED) is 0.771. The van der Waals surface area contributed by atoms with Gasteiger partial charge in [-0.3, -0.25) is 0 Å². The molecule has 2 rings (SSSR count). The molecule has 2 N–H and O–H groups in total. The molecule has 0 saturated heterocycles. The Bertz CT molecular complexity index is 345. The number of hydrogen-bond donors (Lipinski definition) is 2. The minimum atomic E-state index is 0.764. The van der Waals surface area contributed by atoms with E-state index < -0.39 is 0 Å². The first-order valence-corrected chi connectivity index (χ1v) is 6.22. The number of hydrogen-bond acceptors (Lipinski definition) is 3. The van der Waals surface area contributed by atoms with Gasteiger partial charge in [-0.2, -0.15) is 0 Å². The van der Waals surface area contributed by atoms with E-state index in [1.807, 2.05) is 0 Å². The van der Waals surface area contributed by atoms with Crippen molar-refractivity contribution in [3.05, 3.63) is 23.4 Å². The molecule has 1 heterocycles. The zero-order valence-corrected chi connectivity index (χ0v) is 10.2. The Morgan fingerprint density at radius 3 is 2.88 bits per heavy atom. The van der Waals surface area contributed by atoms with Crippen LogP contribution in [0.2, 0.25) is 0 Å². The molecule has 88 valence electrons. The molecule has 3 heteroatoms.